The molecule has 31 heavy (non-hydrogen) atoms. The number of benzene rings is 2. The number of thioether (sulfide) groups is 1. The normalized spacial score (nSPS) is 18.4. The van der Waals surface area contributed by atoms with Crippen molar-refractivity contribution in [2.24, 2.45) is 0 Å². The quantitative estimate of drug-likeness (QED) is 0.590. The number of aromatic nitrogens is 1. The number of pyridine rings is 1. The molecule has 0 bridgehead atoms. The number of rotatable bonds is 6. The number of morpholine rings is 1. The van der Waals surface area contributed by atoms with Crippen LogP contribution in [0.2, 0.25) is 0 Å². The summed E-state index contributed by atoms with van der Waals surface area (Å²) in [5.74, 6) is 2.68. The molecule has 1 saturated heterocycles. The highest BCUT2D eigenvalue weighted by Gasteiger charge is 2.21. The van der Waals surface area contributed by atoms with Crippen molar-refractivity contribution in [1.82, 2.24) is 10.3 Å². The number of nitrogens with zero attached hydrogens (tertiary/aromatic N) is 2. The van der Waals surface area contributed by atoms with Crippen molar-refractivity contribution in [1.29, 1.82) is 0 Å². The zero-order chi connectivity index (χ0) is 21.0. The van der Waals surface area contributed by atoms with Gasteiger partial charge in [-0.15, -0.1) is 11.8 Å². The fourth-order valence-corrected chi connectivity index (χ4v) is 4.45. The Hall–Kier alpha value is -2.48. The standard InChI is InChI=1S/C24H27N3O3S/c1-31-20-7-6-17-12-18(24(26-21(17)13-20)27-8-10-28-11-9-27)14-25-15-19-16-29-22-4-2-3-5-23(22)30-19/h2-7,12-13,19,25H,8-11,14-16H2,1H3/t19-/m1/s1. The molecule has 2 aliphatic rings. The van der Waals surface area contributed by atoms with E-state index in [9.17, 15) is 0 Å². The number of para-hydroxylation sites is 2. The first kappa shape index (κ1) is 20.4. The van der Waals surface area contributed by atoms with Gasteiger partial charge in [0.2, 0.25) is 0 Å². The SMILES string of the molecule is CSc1ccc2cc(CNC[C@@H]3COc4ccccc4O3)c(N3CCOCC3)nc2c1. The maximum atomic E-state index is 6.08. The van der Waals surface area contributed by atoms with Gasteiger partial charge >= 0.3 is 0 Å². The van der Waals surface area contributed by atoms with Crippen molar-refractivity contribution >= 4 is 28.5 Å². The van der Waals surface area contributed by atoms with Crippen LogP contribution in [0.15, 0.2) is 53.4 Å². The van der Waals surface area contributed by atoms with Gasteiger partial charge in [0.25, 0.3) is 0 Å². The lowest BCUT2D eigenvalue weighted by Crippen LogP contribution is -2.39. The molecule has 1 fully saturated rings. The van der Waals surface area contributed by atoms with Gasteiger partial charge in [-0.05, 0) is 36.6 Å². The van der Waals surface area contributed by atoms with Crippen LogP contribution < -0.4 is 19.7 Å². The van der Waals surface area contributed by atoms with Crippen LogP contribution in [0.5, 0.6) is 11.5 Å². The first-order valence-corrected chi connectivity index (χ1v) is 11.9. The third-order valence-corrected chi connectivity index (χ3v) is 6.37. The van der Waals surface area contributed by atoms with Gasteiger partial charge in [-0.2, -0.15) is 0 Å². The van der Waals surface area contributed by atoms with E-state index in [4.69, 9.17) is 19.2 Å². The number of ether oxygens (including phenoxy) is 3. The summed E-state index contributed by atoms with van der Waals surface area (Å²) in [4.78, 5) is 8.63. The summed E-state index contributed by atoms with van der Waals surface area (Å²) in [7, 11) is 0. The molecule has 162 valence electrons. The predicted molar refractivity (Wildman–Crippen MR) is 125 cm³/mol. The minimum absolute atomic E-state index is 0.0145. The highest BCUT2D eigenvalue weighted by Crippen LogP contribution is 2.31. The molecule has 0 amide bonds. The Morgan fingerprint density at radius 3 is 2.77 bits per heavy atom. The van der Waals surface area contributed by atoms with Crippen molar-refractivity contribution < 1.29 is 14.2 Å². The fourth-order valence-electron chi connectivity index (χ4n) is 4.02. The smallest absolute Gasteiger partial charge is 0.161 e. The Labute approximate surface area is 186 Å². The van der Waals surface area contributed by atoms with Crippen LogP contribution in [0.1, 0.15) is 5.56 Å². The van der Waals surface area contributed by atoms with Gasteiger partial charge in [-0.25, -0.2) is 4.98 Å². The lowest BCUT2D eigenvalue weighted by molar-refractivity contribution is 0.0902. The molecule has 1 N–H and O–H groups in total. The van der Waals surface area contributed by atoms with E-state index in [1.54, 1.807) is 11.8 Å². The van der Waals surface area contributed by atoms with Gasteiger partial charge in [0, 0.05) is 42.0 Å². The molecule has 2 aliphatic heterocycles. The van der Waals surface area contributed by atoms with Crippen molar-refractivity contribution in [2.75, 3.05) is 50.6 Å². The molecule has 6 nitrogen and oxygen atoms in total. The van der Waals surface area contributed by atoms with Crippen molar-refractivity contribution in [3.8, 4) is 11.5 Å². The van der Waals surface area contributed by atoms with Gasteiger partial charge in [-0.3, -0.25) is 0 Å². The molecule has 0 spiro atoms. The lowest BCUT2D eigenvalue weighted by Gasteiger charge is -2.30. The molecule has 3 heterocycles. The highest BCUT2D eigenvalue weighted by atomic mass is 32.2. The largest absolute Gasteiger partial charge is 0.486 e. The molecular formula is C24H27N3O3S. The van der Waals surface area contributed by atoms with Crippen molar-refractivity contribution in [3.63, 3.8) is 0 Å². The number of fused-ring (bicyclic) bond motifs is 2. The molecule has 0 saturated carbocycles. The van der Waals surface area contributed by atoms with E-state index >= 15 is 0 Å². The molecule has 0 aliphatic carbocycles. The highest BCUT2D eigenvalue weighted by molar-refractivity contribution is 7.98. The minimum Gasteiger partial charge on any atom is -0.486 e. The number of hydrogen-bond donors (Lipinski definition) is 1. The summed E-state index contributed by atoms with van der Waals surface area (Å²) >= 11 is 1.74. The van der Waals surface area contributed by atoms with E-state index in [0.717, 1.165) is 61.1 Å². The number of anilines is 1. The van der Waals surface area contributed by atoms with Crippen LogP contribution in [-0.2, 0) is 11.3 Å². The Bertz CT molecular complexity index is 1060. The monoisotopic (exact) mass is 437 g/mol. The minimum atomic E-state index is -0.0145. The van der Waals surface area contributed by atoms with Gasteiger partial charge in [0.05, 0.1) is 18.7 Å². The van der Waals surface area contributed by atoms with Gasteiger partial charge in [0.15, 0.2) is 11.5 Å². The second kappa shape index (κ2) is 9.34. The van der Waals surface area contributed by atoms with E-state index in [0.29, 0.717) is 13.2 Å². The molecular weight excluding hydrogens is 410 g/mol. The molecule has 7 heteroatoms. The summed E-state index contributed by atoms with van der Waals surface area (Å²) in [6, 6.07) is 16.6. The first-order valence-electron chi connectivity index (χ1n) is 10.7. The zero-order valence-electron chi connectivity index (χ0n) is 17.7. The summed E-state index contributed by atoms with van der Waals surface area (Å²) in [6.07, 6.45) is 2.08. The van der Waals surface area contributed by atoms with Gasteiger partial charge < -0.3 is 24.4 Å². The third kappa shape index (κ3) is 4.59. The lowest BCUT2D eigenvalue weighted by atomic mass is 10.1. The van der Waals surface area contributed by atoms with Crippen molar-refractivity contribution in [3.05, 3.63) is 54.1 Å². The molecule has 1 atom stereocenters. The summed E-state index contributed by atoms with van der Waals surface area (Å²) in [5, 5.41) is 4.73. The van der Waals surface area contributed by atoms with Crippen LogP contribution in [0.4, 0.5) is 5.82 Å². The molecule has 2 aromatic carbocycles. The predicted octanol–water partition coefficient (Wildman–Crippen LogP) is 3.72. The third-order valence-electron chi connectivity index (χ3n) is 5.65. The van der Waals surface area contributed by atoms with E-state index in [1.165, 1.54) is 10.5 Å². The first-order chi connectivity index (χ1) is 15.3. The molecule has 0 radical (unpaired) electrons. The second-order valence-electron chi connectivity index (χ2n) is 7.76. The van der Waals surface area contributed by atoms with Crippen molar-refractivity contribution in [2.45, 2.75) is 17.5 Å². The van der Waals surface area contributed by atoms with Crippen LogP contribution in [0.25, 0.3) is 10.9 Å². The van der Waals surface area contributed by atoms with Crippen LogP contribution >= 0.6 is 11.8 Å². The molecule has 5 rings (SSSR count). The van der Waals surface area contributed by atoms with E-state index < -0.39 is 0 Å². The average Bonchev–Trinajstić information content (AvgIpc) is 2.83. The topological polar surface area (TPSA) is 55.8 Å². The molecule has 3 aromatic rings. The Kier molecular flexibility index (Phi) is 6.15. The van der Waals surface area contributed by atoms with E-state index in [2.05, 4.69) is 40.7 Å². The Morgan fingerprint density at radius 1 is 1.10 bits per heavy atom. The maximum absolute atomic E-state index is 6.08. The maximum Gasteiger partial charge on any atom is 0.161 e. The van der Waals surface area contributed by atoms with Crippen LogP contribution in [-0.4, -0.2) is 56.8 Å². The molecule has 0 unspecified atom stereocenters. The summed E-state index contributed by atoms with van der Waals surface area (Å²) in [5.41, 5.74) is 2.24. The molecule has 1 aromatic heterocycles. The van der Waals surface area contributed by atoms with Gasteiger partial charge in [-0.1, -0.05) is 18.2 Å². The Morgan fingerprint density at radius 2 is 1.94 bits per heavy atom. The van der Waals surface area contributed by atoms with Gasteiger partial charge in [0.1, 0.15) is 18.5 Å². The fraction of sp³-hybridized carbons (Fsp3) is 0.375. The van der Waals surface area contributed by atoms with Crippen LogP contribution in [0, 0.1) is 0 Å². The van der Waals surface area contributed by atoms with E-state index in [-0.39, 0.29) is 6.10 Å². The summed E-state index contributed by atoms with van der Waals surface area (Å²) < 4.78 is 17.5. The number of hydrogen-bond acceptors (Lipinski definition) is 7. The number of nitrogens with one attached hydrogen (secondary N) is 1. The zero-order valence-corrected chi connectivity index (χ0v) is 18.5. The second-order valence-corrected chi connectivity index (χ2v) is 8.64. The van der Waals surface area contributed by atoms with Crippen LogP contribution in [0.3, 0.4) is 0 Å². The Balaban J connectivity index is 1.33. The summed E-state index contributed by atoms with van der Waals surface area (Å²) in [6.45, 7) is 5.19. The average molecular weight is 438 g/mol. The van der Waals surface area contributed by atoms with E-state index in [1.807, 2.05) is 24.3 Å².